The van der Waals surface area contributed by atoms with E-state index in [1.165, 1.54) is 15.6 Å². The van der Waals surface area contributed by atoms with Crippen LogP contribution in [0.3, 0.4) is 0 Å². The summed E-state index contributed by atoms with van der Waals surface area (Å²) in [5, 5.41) is 4.13. The molecule has 4 aromatic carbocycles. The number of rotatable bonds is 10. The molecule has 0 N–H and O–H groups in total. The first-order valence-corrected chi connectivity index (χ1v) is 23.4. The molecule has 4 rings (SSSR count). The van der Waals surface area contributed by atoms with Crippen molar-refractivity contribution in [2.24, 2.45) is 5.41 Å². The van der Waals surface area contributed by atoms with Crippen LogP contribution in [0.5, 0.6) is 0 Å². The molecular formula is C31H35As3. The van der Waals surface area contributed by atoms with Crippen molar-refractivity contribution in [1.82, 2.24) is 0 Å². The maximum absolute atomic E-state index is 2.64. The molecule has 0 aliphatic heterocycles. The Labute approximate surface area is 220 Å². The van der Waals surface area contributed by atoms with E-state index < -0.39 is 44.0 Å². The van der Waals surface area contributed by atoms with Crippen LogP contribution in [0.25, 0.3) is 0 Å². The van der Waals surface area contributed by atoms with Crippen molar-refractivity contribution in [2.75, 3.05) is 0 Å². The molecule has 0 aliphatic rings. The van der Waals surface area contributed by atoms with E-state index in [1.807, 2.05) is 0 Å². The second-order valence-electron chi connectivity index (χ2n) is 9.56. The summed E-state index contributed by atoms with van der Waals surface area (Å²) in [7, 11) is 0. The van der Waals surface area contributed by atoms with Crippen LogP contribution in [0.15, 0.2) is 121 Å². The van der Waals surface area contributed by atoms with Crippen LogP contribution < -0.4 is 17.4 Å². The number of hydrogen-bond acceptors (Lipinski definition) is 0. The van der Waals surface area contributed by atoms with E-state index in [1.54, 1.807) is 17.4 Å². The molecule has 3 heteroatoms. The Balaban J connectivity index is 1.73. The van der Waals surface area contributed by atoms with Crippen molar-refractivity contribution in [3.63, 3.8) is 0 Å². The van der Waals surface area contributed by atoms with Gasteiger partial charge >= 0.3 is 222 Å². The molecule has 0 fully saturated rings. The van der Waals surface area contributed by atoms with Crippen LogP contribution >= 0.6 is 0 Å². The number of benzene rings is 4. The second-order valence-corrected chi connectivity index (χ2v) is 24.0. The summed E-state index contributed by atoms with van der Waals surface area (Å²) in [4.78, 5) is 0. The van der Waals surface area contributed by atoms with Gasteiger partial charge in [-0.3, -0.25) is 0 Å². The molecule has 4 aromatic rings. The van der Waals surface area contributed by atoms with Gasteiger partial charge in [0.2, 0.25) is 0 Å². The normalized spacial score (nSPS) is 11.9. The molecule has 0 bridgehead atoms. The molecule has 0 aromatic heterocycles. The summed E-state index contributed by atoms with van der Waals surface area (Å²) in [5.74, 6) is 0. The molecule has 0 radical (unpaired) electrons. The summed E-state index contributed by atoms with van der Waals surface area (Å²) in [6, 6.07) is 45.7. The zero-order valence-corrected chi connectivity index (χ0v) is 26.1. The van der Waals surface area contributed by atoms with Gasteiger partial charge in [0.05, 0.1) is 0 Å². The summed E-state index contributed by atoms with van der Waals surface area (Å²) in [6.45, 7) is 2.64. The van der Waals surface area contributed by atoms with E-state index in [0.29, 0.717) is 5.41 Å². The van der Waals surface area contributed by atoms with Gasteiger partial charge in [0.15, 0.2) is 0 Å². The zero-order valence-electron chi connectivity index (χ0n) is 20.5. The first-order chi connectivity index (χ1) is 16.5. The molecule has 0 spiro atoms. The quantitative estimate of drug-likeness (QED) is 0.207. The van der Waals surface area contributed by atoms with Gasteiger partial charge in [0.1, 0.15) is 0 Å². The molecule has 0 saturated carbocycles. The molecule has 0 unspecified atom stereocenters. The standard InChI is InChI=1S/C31H35As3/c1-31(24-32(2)3,25-33(27-16-8-4-9-17-27)28-18-10-5-11-19-28)26-34(29-20-12-6-13-21-29)30-22-14-7-15-23-30/h4-23H,24-26H2,1-3H3. The summed E-state index contributed by atoms with van der Waals surface area (Å²) >= 11 is -3.66. The minimum atomic E-state index is -1.42. The fraction of sp³-hybridized carbons (Fsp3) is 0.226. The van der Waals surface area contributed by atoms with E-state index >= 15 is 0 Å². The Morgan fingerprint density at radius 1 is 0.441 bits per heavy atom. The van der Waals surface area contributed by atoms with E-state index in [9.17, 15) is 0 Å². The third-order valence-electron chi connectivity index (χ3n) is 6.05. The molecule has 0 nitrogen and oxygen atoms in total. The third-order valence-corrected chi connectivity index (χ3v) is 21.2. The van der Waals surface area contributed by atoms with Gasteiger partial charge in [-0.25, -0.2) is 0 Å². The van der Waals surface area contributed by atoms with Crippen molar-refractivity contribution < 1.29 is 0 Å². The molecule has 0 atom stereocenters. The minimum absolute atomic E-state index is 0.376. The van der Waals surface area contributed by atoms with Gasteiger partial charge in [0.25, 0.3) is 0 Å². The van der Waals surface area contributed by atoms with Crippen LogP contribution in [0.2, 0.25) is 27.0 Å². The van der Waals surface area contributed by atoms with Crippen LogP contribution in [0.1, 0.15) is 6.92 Å². The molecule has 0 amide bonds. The second kappa shape index (κ2) is 12.5. The monoisotopic (exact) mass is 632 g/mol. The van der Waals surface area contributed by atoms with Crippen LogP contribution in [-0.2, 0) is 0 Å². The van der Waals surface area contributed by atoms with Crippen LogP contribution in [-0.4, -0.2) is 44.0 Å². The molecule has 0 saturated heterocycles. The predicted molar refractivity (Wildman–Crippen MR) is 156 cm³/mol. The van der Waals surface area contributed by atoms with Crippen molar-refractivity contribution in [1.29, 1.82) is 0 Å². The zero-order chi connectivity index (χ0) is 23.8. The summed E-state index contributed by atoms with van der Waals surface area (Å²) < 4.78 is 6.38. The average molecular weight is 632 g/mol. The number of hydrogen-bond donors (Lipinski definition) is 0. The van der Waals surface area contributed by atoms with Crippen LogP contribution in [0.4, 0.5) is 0 Å². The third kappa shape index (κ3) is 7.04. The topological polar surface area (TPSA) is 0 Å². The summed E-state index contributed by atoms with van der Waals surface area (Å²) in [6.07, 6.45) is 0. The van der Waals surface area contributed by atoms with Gasteiger partial charge < -0.3 is 0 Å². The van der Waals surface area contributed by atoms with Crippen molar-refractivity contribution in [3.8, 4) is 0 Å². The van der Waals surface area contributed by atoms with Gasteiger partial charge in [0, 0.05) is 0 Å². The van der Waals surface area contributed by atoms with Gasteiger partial charge in [-0.2, -0.15) is 0 Å². The van der Waals surface area contributed by atoms with Crippen LogP contribution in [0, 0.1) is 5.41 Å². The average Bonchev–Trinajstić information content (AvgIpc) is 2.88. The van der Waals surface area contributed by atoms with Gasteiger partial charge in [-0.1, -0.05) is 0 Å². The van der Waals surface area contributed by atoms with Gasteiger partial charge in [-0.15, -0.1) is 0 Å². The Morgan fingerprint density at radius 2 is 0.706 bits per heavy atom. The predicted octanol–water partition coefficient (Wildman–Crippen LogP) is 5.37. The first kappa shape index (κ1) is 25.6. The van der Waals surface area contributed by atoms with Crippen molar-refractivity contribution in [2.45, 2.75) is 34.0 Å². The SMILES string of the molecule is C[As](C)CC(C)(C[As](c1ccccc1)c1ccccc1)C[As](c1ccccc1)c1ccccc1. The molecule has 0 heterocycles. The molecule has 0 aliphatic carbocycles. The van der Waals surface area contributed by atoms with Crippen molar-refractivity contribution >= 4 is 61.4 Å². The van der Waals surface area contributed by atoms with Gasteiger partial charge in [-0.05, 0) is 0 Å². The Kier molecular flexibility index (Phi) is 9.42. The van der Waals surface area contributed by atoms with E-state index in [0.717, 1.165) is 0 Å². The van der Waals surface area contributed by atoms with Crippen molar-refractivity contribution in [3.05, 3.63) is 121 Å². The molecule has 174 valence electrons. The first-order valence-electron chi connectivity index (χ1n) is 11.9. The maximum atomic E-state index is 2.64. The van der Waals surface area contributed by atoms with E-state index in [-0.39, 0.29) is 0 Å². The molecular weight excluding hydrogens is 597 g/mol. The van der Waals surface area contributed by atoms with E-state index in [2.05, 4.69) is 140 Å². The Hall–Kier alpha value is -1.44. The Bertz CT molecular complexity index is 948. The summed E-state index contributed by atoms with van der Waals surface area (Å²) in [5.41, 5.74) is 5.48. The fourth-order valence-corrected chi connectivity index (χ4v) is 22.3. The fourth-order valence-electron chi connectivity index (χ4n) is 4.77. The molecule has 34 heavy (non-hydrogen) atoms. The Morgan fingerprint density at radius 3 is 0.941 bits per heavy atom. The van der Waals surface area contributed by atoms with E-state index in [4.69, 9.17) is 0 Å².